The van der Waals surface area contributed by atoms with Crippen LogP contribution in [0.2, 0.25) is 0 Å². The van der Waals surface area contributed by atoms with E-state index in [0.29, 0.717) is 23.5 Å². The minimum absolute atomic E-state index is 0.0741. The summed E-state index contributed by atoms with van der Waals surface area (Å²) >= 11 is 1.39. The summed E-state index contributed by atoms with van der Waals surface area (Å²) in [5, 5.41) is 1.86. The minimum atomic E-state index is -3.63. The molecule has 1 aromatic carbocycles. The van der Waals surface area contributed by atoms with Gasteiger partial charge in [0.2, 0.25) is 0 Å². The Hall–Kier alpha value is -1.90. The van der Waals surface area contributed by atoms with Crippen LogP contribution in [0.4, 0.5) is 0 Å². The van der Waals surface area contributed by atoms with Gasteiger partial charge in [0.25, 0.3) is 5.91 Å². The lowest BCUT2D eigenvalue weighted by Gasteiger charge is -2.25. The predicted octanol–water partition coefficient (Wildman–Crippen LogP) is 2.68. The van der Waals surface area contributed by atoms with Gasteiger partial charge in [0.1, 0.15) is 5.75 Å². The molecule has 8 heteroatoms. The number of rotatable bonds is 9. The van der Waals surface area contributed by atoms with Gasteiger partial charge in [-0.25, -0.2) is 0 Å². The molecule has 0 aliphatic rings. The van der Waals surface area contributed by atoms with Crippen LogP contribution in [0.1, 0.15) is 22.2 Å². The summed E-state index contributed by atoms with van der Waals surface area (Å²) in [5.41, 5.74) is 0.660. The number of likely N-dealkylation sites (N-methyl/N-ethyl adjacent to an activating group) is 1. The Balaban J connectivity index is 2.26. The van der Waals surface area contributed by atoms with Crippen LogP contribution in [0.3, 0.4) is 0 Å². The Morgan fingerprint density at radius 2 is 1.85 bits per heavy atom. The Morgan fingerprint density at radius 1 is 1.12 bits per heavy atom. The van der Waals surface area contributed by atoms with Gasteiger partial charge in [-0.1, -0.05) is 24.3 Å². The molecule has 0 fully saturated rings. The maximum Gasteiger partial charge on any atom is 0.308 e. The number of para-hydroxylation sites is 1. The number of hydrogen-bond donors (Lipinski definition) is 0. The zero-order valence-electron chi connectivity index (χ0n) is 15.2. The van der Waals surface area contributed by atoms with Crippen molar-refractivity contribution in [3.05, 3.63) is 52.2 Å². The number of carbonyl (C=O) groups excluding carboxylic acids is 1. The number of thiophene rings is 1. The highest BCUT2D eigenvalue weighted by Gasteiger charge is 2.20. The predicted molar refractivity (Wildman–Crippen MR) is 104 cm³/mol. The summed E-state index contributed by atoms with van der Waals surface area (Å²) in [6.45, 7) is 3.04. The van der Waals surface area contributed by atoms with E-state index in [0.717, 1.165) is 0 Å². The van der Waals surface area contributed by atoms with Gasteiger partial charge in [-0.3, -0.25) is 4.79 Å². The molecule has 0 radical (unpaired) electrons. The van der Waals surface area contributed by atoms with Gasteiger partial charge < -0.3 is 14.0 Å². The number of carbonyl (C=O) groups is 1. The van der Waals surface area contributed by atoms with E-state index in [2.05, 4.69) is 0 Å². The van der Waals surface area contributed by atoms with Gasteiger partial charge in [-0.15, -0.1) is 11.3 Å². The molecule has 0 spiro atoms. The number of nitrogens with zero attached hydrogens (tertiary/aromatic N) is 2. The first-order chi connectivity index (χ1) is 12.3. The van der Waals surface area contributed by atoms with Gasteiger partial charge in [0.15, 0.2) is 0 Å². The zero-order valence-corrected chi connectivity index (χ0v) is 16.8. The molecule has 1 amide bonds. The molecule has 0 unspecified atom stereocenters. The molecule has 0 atom stereocenters. The Kier molecular flexibility index (Phi) is 7.19. The van der Waals surface area contributed by atoms with Gasteiger partial charge >= 0.3 is 10.1 Å². The quantitative estimate of drug-likeness (QED) is 0.610. The zero-order chi connectivity index (χ0) is 19.2. The standard InChI is InChI=1S/C18H24N2O4S2/c1-4-26(22,23)24-16-9-6-5-8-15(16)14-20(12-11-19(2)3)18(21)17-10-7-13-25-17/h5-10,13H,4,11-12,14H2,1-3H3. The van der Waals surface area contributed by atoms with Crippen LogP contribution in [0.25, 0.3) is 0 Å². The van der Waals surface area contributed by atoms with Crippen molar-refractivity contribution in [2.75, 3.05) is 32.9 Å². The van der Waals surface area contributed by atoms with E-state index in [1.165, 1.54) is 18.3 Å². The van der Waals surface area contributed by atoms with Crippen molar-refractivity contribution >= 4 is 27.4 Å². The largest absolute Gasteiger partial charge is 0.382 e. The second kappa shape index (κ2) is 9.16. The molecule has 0 N–H and O–H groups in total. The number of benzene rings is 1. The van der Waals surface area contributed by atoms with Crippen LogP contribution >= 0.6 is 11.3 Å². The highest BCUT2D eigenvalue weighted by Crippen LogP contribution is 2.23. The van der Waals surface area contributed by atoms with Crippen molar-refractivity contribution in [1.29, 1.82) is 0 Å². The monoisotopic (exact) mass is 396 g/mol. The maximum absolute atomic E-state index is 12.8. The van der Waals surface area contributed by atoms with E-state index in [1.807, 2.05) is 30.4 Å². The fourth-order valence-corrected chi connectivity index (χ4v) is 3.49. The van der Waals surface area contributed by atoms with Crippen molar-refractivity contribution < 1.29 is 17.4 Å². The normalized spacial score (nSPS) is 11.5. The average molecular weight is 397 g/mol. The van der Waals surface area contributed by atoms with Crippen LogP contribution in [-0.2, 0) is 16.7 Å². The molecule has 2 rings (SSSR count). The molecule has 0 saturated heterocycles. The maximum atomic E-state index is 12.8. The molecule has 0 aliphatic heterocycles. The van der Waals surface area contributed by atoms with Crippen molar-refractivity contribution in [3.63, 3.8) is 0 Å². The molecule has 0 bridgehead atoms. The molecular formula is C18H24N2O4S2. The third-order valence-corrected chi connectivity index (χ3v) is 5.74. The fourth-order valence-electron chi connectivity index (χ4n) is 2.25. The lowest BCUT2D eigenvalue weighted by molar-refractivity contribution is 0.0736. The second-order valence-electron chi connectivity index (χ2n) is 6.04. The molecule has 0 saturated carbocycles. The summed E-state index contributed by atoms with van der Waals surface area (Å²) in [6.07, 6.45) is 0. The lowest BCUT2D eigenvalue weighted by Crippen LogP contribution is -2.36. The average Bonchev–Trinajstić information content (AvgIpc) is 3.13. The molecule has 26 heavy (non-hydrogen) atoms. The summed E-state index contributed by atoms with van der Waals surface area (Å²) in [4.78, 5) is 17.2. The van der Waals surface area contributed by atoms with Crippen molar-refractivity contribution in [3.8, 4) is 5.75 Å². The minimum Gasteiger partial charge on any atom is -0.382 e. The van der Waals surface area contributed by atoms with E-state index >= 15 is 0 Å². The summed E-state index contributed by atoms with van der Waals surface area (Å²) in [7, 11) is 0.257. The summed E-state index contributed by atoms with van der Waals surface area (Å²) in [5.74, 6) is 0.0815. The van der Waals surface area contributed by atoms with E-state index in [1.54, 1.807) is 35.2 Å². The number of amides is 1. The van der Waals surface area contributed by atoms with Crippen LogP contribution in [0.5, 0.6) is 5.75 Å². The van der Waals surface area contributed by atoms with Crippen LogP contribution in [0.15, 0.2) is 41.8 Å². The van der Waals surface area contributed by atoms with E-state index in [9.17, 15) is 13.2 Å². The van der Waals surface area contributed by atoms with Gasteiger partial charge in [0.05, 0.1) is 10.6 Å². The summed E-state index contributed by atoms with van der Waals surface area (Å²) in [6, 6.07) is 10.6. The van der Waals surface area contributed by atoms with E-state index in [4.69, 9.17) is 4.18 Å². The molecule has 6 nitrogen and oxygen atoms in total. The Bertz CT molecular complexity index is 817. The lowest BCUT2D eigenvalue weighted by atomic mass is 10.2. The van der Waals surface area contributed by atoms with Crippen LogP contribution in [-0.4, -0.2) is 57.1 Å². The Labute approximate surface area is 159 Å². The van der Waals surface area contributed by atoms with Crippen molar-refractivity contribution in [2.45, 2.75) is 13.5 Å². The first-order valence-corrected chi connectivity index (χ1v) is 10.8. The second-order valence-corrected chi connectivity index (χ2v) is 8.85. The van der Waals surface area contributed by atoms with E-state index in [-0.39, 0.29) is 24.0 Å². The van der Waals surface area contributed by atoms with Crippen LogP contribution in [0, 0.1) is 0 Å². The van der Waals surface area contributed by atoms with Gasteiger partial charge in [-0.05, 0) is 38.5 Å². The molecule has 142 valence electrons. The van der Waals surface area contributed by atoms with Crippen molar-refractivity contribution in [2.24, 2.45) is 0 Å². The number of hydrogen-bond acceptors (Lipinski definition) is 6. The highest BCUT2D eigenvalue weighted by atomic mass is 32.2. The summed E-state index contributed by atoms with van der Waals surface area (Å²) < 4.78 is 28.9. The molecule has 0 aliphatic carbocycles. The highest BCUT2D eigenvalue weighted by molar-refractivity contribution is 7.87. The topological polar surface area (TPSA) is 66.9 Å². The fraction of sp³-hybridized carbons (Fsp3) is 0.389. The third kappa shape index (κ3) is 5.82. The molecule has 1 aromatic heterocycles. The molecule has 2 aromatic rings. The first-order valence-electron chi connectivity index (χ1n) is 8.30. The first kappa shape index (κ1) is 20.4. The van der Waals surface area contributed by atoms with E-state index < -0.39 is 10.1 Å². The molecular weight excluding hydrogens is 372 g/mol. The molecule has 1 heterocycles. The Morgan fingerprint density at radius 3 is 2.46 bits per heavy atom. The van der Waals surface area contributed by atoms with Gasteiger partial charge in [0, 0.05) is 25.2 Å². The SMILES string of the molecule is CCS(=O)(=O)Oc1ccccc1CN(CCN(C)C)C(=O)c1cccs1. The van der Waals surface area contributed by atoms with Crippen molar-refractivity contribution in [1.82, 2.24) is 9.80 Å². The third-order valence-electron chi connectivity index (χ3n) is 3.74. The smallest absolute Gasteiger partial charge is 0.308 e. The van der Waals surface area contributed by atoms with Gasteiger partial charge in [-0.2, -0.15) is 8.42 Å². The van der Waals surface area contributed by atoms with Crippen LogP contribution < -0.4 is 4.18 Å².